The Morgan fingerprint density at radius 2 is 2.00 bits per heavy atom. The Hall–Kier alpha value is -3.02. The summed E-state index contributed by atoms with van der Waals surface area (Å²) in [5.74, 6) is -0.347. The Labute approximate surface area is 198 Å². The molecular weight excluding hydrogens is 474 g/mol. The van der Waals surface area contributed by atoms with Gasteiger partial charge in [-0.25, -0.2) is 9.37 Å². The molecule has 0 radical (unpaired) electrons. The topological polar surface area (TPSA) is 112 Å². The number of tetrazole rings is 1. The molecular formula is C20H21Cl2FN8O2. The average Bonchev–Trinajstić information content (AvgIpc) is 3.14. The van der Waals surface area contributed by atoms with Gasteiger partial charge >= 0.3 is 5.97 Å². The summed E-state index contributed by atoms with van der Waals surface area (Å²) in [5.41, 5.74) is 1.26. The van der Waals surface area contributed by atoms with Gasteiger partial charge < -0.3 is 15.3 Å². The summed E-state index contributed by atoms with van der Waals surface area (Å²) in [4.78, 5) is 19.7. The summed E-state index contributed by atoms with van der Waals surface area (Å²) >= 11 is 12.1. The van der Waals surface area contributed by atoms with Crippen molar-refractivity contribution in [3.8, 4) is 5.69 Å². The first-order chi connectivity index (χ1) is 15.9. The number of anilines is 2. The molecule has 0 saturated carbocycles. The van der Waals surface area contributed by atoms with Crippen LogP contribution in [0.2, 0.25) is 10.0 Å². The zero-order valence-corrected chi connectivity index (χ0v) is 19.0. The van der Waals surface area contributed by atoms with E-state index in [4.69, 9.17) is 28.3 Å². The molecule has 10 nitrogen and oxygen atoms in total. The summed E-state index contributed by atoms with van der Waals surface area (Å²) in [6, 6.07) is 6.43. The molecule has 1 aliphatic rings. The number of hydrogen-bond donors (Lipinski definition) is 2. The lowest BCUT2D eigenvalue weighted by atomic mass is 10.2. The Kier molecular flexibility index (Phi) is 7.21. The SMILES string of the molecule is O=C(O)CN1CCCN(c2ncccc2CNc2nnnn2-c2ccc(F)c(Cl)c2Cl)CC1. The number of benzene rings is 1. The van der Waals surface area contributed by atoms with Crippen LogP contribution in [0.5, 0.6) is 0 Å². The van der Waals surface area contributed by atoms with E-state index < -0.39 is 11.8 Å². The lowest BCUT2D eigenvalue weighted by molar-refractivity contribution is -0.138. The summed E-state index contributed by atoms with van der Waals surface area (Å²) < 4.78 is 15.0. The smallest absolute Gasteiger partial charge is 0.317 e. The van der Waals surface area contributed by atoms with Gasteiger partial charge in [0, 0.05) is 44.5 Å². The summed E-state index contributed by atoms with van der Waals surface area (Å²) in [5, 5.41) is 23.7. The van der Waals surface area contributed by atoms with Gasteiger partial charge in [0.1, 0.15) is 11.6 Å². The number of rotatable bonds is 7. The van der Waals surface area contributed by atoms with Crippen LogP contribution in [0.4, 0.5) is 16.2 Å². The molecule has 0 atom stereocenters. The van der Waals surface area contributed by atoms with Crippen molar-refractivity contribution in [2.24, 2.45) is 0 Å². The van der Waals surface area contributed by atoms with Crippen LogP contribution < -0.4 is 10.2 Å². The van der Waals surface area contributed by atoms with Crippen LogP contribution in [0.3, 0.4) is 0 Å². The zero-order valence-electron chi connectivity index (χ0n) is 17.5. The third kappa shape index (κ3) is 5.32. The molecule has 0 spiro atoms. The van der Waals surface area contributed by atoms with Crippen LogP contribution in [-0.4, -0.2) is 73.9 Å². The molecule has 2 aromatic heterocycles. The fourth-order valence-corrected chi connectivity index (χ4v) is 4.09. The van der Waals surface area contributed by atoms with Crippen molar-refractivity contribution < 1.29 is 14.3 Å². The van der Waals surface area contributed by atoms with E-state index in [0.717, 1.165) is 30.9 Å². The first-order valence-corrected chi connectivity index (χ1v) is 11.0. The summed E-state index contributed by atoms with van der Waals surface area (Å²) in [6.45, 7) is 3.19. The fraction of sp³-hybridized carbons (Fsp3) is 0.350. The molecule has 1 saturated heterocycles. The van der Waals surface area contributed by atoms with Gasteiger partial charge in [-0.1, -0.05) is 34.4 Å². The Balaban J connectivity index is 1.50. The van der Waals surface area contributed by atoms with E-state index in [1.807, 2.05) is 17.0 Å². The second-order valence-electron chi connectivity index (χ2n) is 7.46. The fourth-order valence-electron chi connectivity index (χ4n) is 3.70. The minimum Gasteiger partial charge on any atom is -0.480 e. The molecule has 1 fully saturated rings. The van der Waals surface area contributed by atoms with E-state index in [1.165, 1.54) is 16.8 Å². The van der Waals surface area contributed by atoms with Gasteiger partial charge in [0.05, 0.1) is 22.3 Å². The van der Waals surface area contributed by atoms with E-state index in [0.29, 0.717) is 31.3 Å². The minimum atomic E-state index is -0.827. The van der Waals surface area contributed by atoms with Crippen molar-refractivity contribution in [3.05, 3.63) is 51.9 Å². The molecule has 174 valence electrons. The van der Waals surface area contributed by atoms with Crippen molar-refractivity contribution in [2.45, 2.75) is 13.0 Å². The monoisotopic (exact) mass is 494 g/mol. The maximum atomic E-state index is 13.7. The number of aromatic nitrogens is 5. The largest absolute Gasteiger partial charge is 0.480 e. The second-order valence-corrected chi connectivity index (χ2v) is 8.21. The van der Waals surface area contributed by atoms with Crippen LogP contribution >= 0.6 is 23.2 Å². The highest BCUT2D eigenvalue weighted by atomic mass is 35.5. The molecule has 0 amide bonds. The number of nitrogens with one attached hydrogen (secondary N) is 1. The van der Waals surface area contributed by atoms with Crippen molar-refractivity contribution >= 4 is 40.9 Å². The highest BCUT2D eigenvalue weighted by molar-refractivity contribution is 6.43. The number of halogens is 3. The number of pyridine rings is 1. The van der Waals surface area contributed by atoms with Crippen molar-refractivity contribution in [1.29, 1.82) is 0 Å². The second kappa shape index (κ2) is 10.3. The van der Waals surface area contributed by atoms with Gasteiger partial charge in [-0.3, -0.25) is 9.69 Å². The molecule has 0 bridgehead atoms. The van der Waals surface area contributed by atoms with Crippen LogP contribution in [0, 0.1) is 5.82 Å². The number of carboxylic acids is 1. The predicted octanol–water partition coefficient (Wildman–Crippen LogP) is 2.71. The quantitative estimate of drug-likeness (QED) is 0.478. The van der Waals surface area contributed by atoms with Crippen molar-refractivity contribution in [1.82, 2.24) is 30.1 Å². The van der Waals surface area contributed by atoms with E-state index in [1.54, 1.807) is 6.20 Å². The molecule has 4 rings (SSSR count). The Bertz CT molecular complexity index is 1150. The van der Waals surface area contributed by atoms with Crippen LogP contribution in [0.15, 0.2) is 30.5 Å². The number of carbonyl (C=O) groups is 1. The van der Waals surface area contributed by atoms with Crippen molar-refractivity contribution in [3.63, 3.8) is 0 Å². The Morgan fingerprint density at radius 1 is 1.15 bits per heavy atom. The van der Waals surface area contributed by atoms with Crippen LogP contribution in [0.1, 0.15) is 12.0 Å². The van der Waals surface area contributed by atoms with Gasteiger partial charge in [0.2, 0.25) is 5.95 Å². The first kappa shape index (κ1) is 23.1. The molecule has 1 aromatic carbocycles. The highest BCUT2D eigenvalue weighted by Gasteiger charge is 2.20. The normalized spacial score (nSPS) is 14.8. The van der Waals surface area contributed by atoms with Crippen molar-refractivity contribution in [2.75, 3.05) is 42.9 Å². The number of aliphatic carboxylic acids is 1. The highest BCUT2D eigenvalue weighted by Crippen LogP contribution is 2.31. The predicted molar refractivity (Wildman–Crippen MR) is 122 cm³/mol. The first-order valence-electron chi connectivity index (χ1n) is 10.2. The lowest BCUT2D eigenvalue weighted by Gasteiger charge is -2.24. The molecule has 1 aliphatic heterocycles. The third-order valence-corrected chi connectivity index (χ3v) is 6.11. The number of carboxylic acid groups (broad SMARTS) is 1. The average molecular weight is 495 g/mol. The molecule has 3 aromatic rings. The molecule has 13 heteroatoms. The molecule has 0 unspecified atom stereocenters. The van der Waals surface area contributed by atoms with Gasteiger partial charge in [0.15, 0.2) is 0 Å². The standard InChI is InChI=1S/C20H21Cl2FN8O2/c21-17-14(23)4-5-15(18(17)22)31-20(26-27-28-31)25-11-13-3-1-6-24-19(13)30-8-2-7-29(9-10-30)12-16(32)33/h1,3-6H,2,7-12H2,(H,32,33)(H,25,26,28). The van der Waals surface area contributed by atoms with E-state index in [-0.39, 0.29) is 16.6 Å². The van der Waals surface area contributed by atoms with E-state index in [9.17, 15) is 9.18 Å². The maximum absolute atomic E-state index is 13.7. The van der Waals surface area contributed by atoms with Gasteiger partial charge in [0.25, 0.3) is 0 Å². The Morgan fingerprint density at radius 3 is 2.82 bits per heavy atom. The van der Waals surface area contributed by atoms with Crippen LogP contribution in [-0.2, 0) is 11.3 Å². The zero-order chi connectivity index (χ0) is 23.4. The molecule has 3 heterocycles. The van der Waals surface area contributed by atoms with Gasteiger partial charge in [-0.15, -0.1) is 0 Å². The number of nitrogens with zero attached hydrogens (tertiary/aromatic N) is 7. The molecule has 0 aliphatic carbocycles. The van der Waals surface area contributed by atoms with Crippen LogP contribution in [0.25, 0.3) is 5.69 Å². The maximum Gasteiger partial charge on any atom is 0.317 e. The lowest BCUT2D eigenvalue weighted by Crippen LogP contribution is -2.34. The summed E-state index contributed by atoms with van der Waals surface area (Å²) in [6.07, 6.45) is 2.56. The number of hydrogen-bond acceptors (Lipinski definition) is 8. The summed E-state index contributed by atoms with van der Waals surface area (Å²) in [7, 11) is 0. The van der Waals surface area contributed by atoms with Gasteiger partial charge in [-0.2, -0.15) is 4.68 Å². The molecule has 2 N–H and O–H groups in total. The van der Waals surface area contributed by atoms with E-state index >= 15 is 0 Å². The molecule has 33 heavy (non-hydrogen) atoms. The van der Waals surface area contributed by atoms with E-state index in [2.05, 4.69) is 30.7 Å². The van der Waals surface area contributed by atoms with Gasteiger partial charge in [-0.05, 0) is 35.0 Å². The third-order valence-electron chi connectivity index (χ3n) is 5.26. The minimum absolute atomic E-state index is 0.00423.